The van der Waals surface area contributed by atoms with Gasteiger partial charge in [0.15, 0.2) is 0 Å². The molecule has 0 bridgehead atoms. The Morgan fingerprint density at radius 3 is 2.61 bits per heavy atom. The molecule has 0 spiro atoms. The van der Waals surface area contributed by atoms with E-state index in [2.05, 4.69) is 31.4 Å². The van der Waals surface area contributed by atoms with E-state index in [1.165, 1.54) is 4.88 Å². The highest BCUT2D eigenvalue weighted by Gasteiger charge is 2.09. The van der Waals surface area contributed by atoms with Crippen molar-refractivity contribution in [1.29, 1.82) is 0 Å². The number of carbonyl (C=O) groups excluding carboxylic acids is 1. The maximum atomic E-state index is 11.6. The highest BCUT2D eigenvalue weighted by atomic mass is 35.5. The van der Waals surface area contributed by atoms with Crippen molar-refractivity contribution in [3.63, 3.8) is 0 Å². The average Bonchev–Trinajstić information content (AvgIpc) is 2.62. The predicted octanol–water partition coefficient (Wildman–Crippen LogP) is 2.84. The molecule has 2 N–H and O–H groups in total. The van der Waals surface area contributed by atoms with Gasteiger partial charge in [-0.25, -0.2) is 0 Å². The van der Waals surface area contributed by atoms with E-state index in [4.69, 9.17) is 11.6 Å². The molecule has 0 aromatic carbocycles. The Labute approximate surface area is 118 Å². The Bertz CT molecular complexity index is 385. The molecule has 0 fully saturated rings. The lowest BCUT2D eigenvalue weighted by atomic mass is 10.1. The quantitative estimate of drug-likeness (QED) is 0.845. The van der Waals surface area contributed by atoms with Crippen LogP contribution >= 0.6 is 22.9 Å². The van der Waals surface area contributed by atoms with Gasteiger partial charge < -0.3 is 10.6 Å². The molecule has 0 atom stereocenters. The van der Waals surface area contributed by atoms with E-state index in [-0.39, 0.29) is 11.4 Å². The lowest BCUT2D eigenvalue weighted by molar-refractivity contribution is -0.121. The summed E-state index contributed by atoms with van der Waals surface area (Å²) in [6.07, 6.45) is 1.36. The van der Waals surface area contributed by atoms with Crippen LogP contribution in [0.1, 0.15) is 32.1 Å². The minimum absolute atomic E-state index is 0.0635. The predicted molar refractivity (Wildman–Crippen MR) is 78.4 cm³/mol. The Morgan fingerprint density at radius 2 is 2.06 bits per heavy atom. The number of hydrogen-bond acceptors (Lipinski definition) is 3. The summed E-state index contributed by atoms with van der Waals surface area (Å²) in [6, 6.07) is 3.89. The monoisotopic (exact) mass is 288 g/mol. The highest BCUT2D eigenvalue weighted by molar-refractivity contribution is 7.16. The SMILES string of the molecule is CC(C)(C)NCCC(=O)NCCc1ccc(Cl)s1. The number of thiophene rings is 1. The molecule has 1 rings (SSSR count). The number of nitrogens with one attached hydrogen (secondary N) is 2. The van der Waals surface area contributed by atoms with Crippen LogP contribution in [-0.2, 0) is 11.2 Å². The molecule has 3 nitrogen and oxygen atoms in total. The van der Waals surface area contributed by atoms with Crippen LogP contribution in [0.3, 0.4) is 0 Å². The van der Waals surface area contributed by atoms with Gasteiger partial charge in [0.05, 0.1) is 4.34 Å². The summed E-state index contributed by atoms with van der Waals surface area (Å²) in [5.41, 5.74) is 0.0635. The molecule has 18 heavy (non-hydrogen) atoms. The van der Waals surface area contributed by atoms with Gasteiger partial charge in [-0.3, -0.25) is 4.79 Å². The first-order valence-corrected chi connectivity index (χ1v) is 7.32. The van der Waals surface area contributed by atoms with Crippen molar-refractivity contribution in [2.75, 3.05) is 13.1 Å². The van der Waals surface area contributed by atoms with Crippen LogP contribution in [0.2, 0.25) is 4.34 Å². The summed E-state index contributed by atoms with van der Waals surface area (Å²) >= 11 is 7.40. The molecule has 1 aromatic rings. The summed E-state index contributed by atoms with van der Waals surface area (Å²) in [7, 11) is 0. The largest absolute Gasteiger partial charge is 0.356 e. The molecule has 0 saturated carbocycles. The molecule has 0 aliphatic rings. The van der Waals surface area contributed by atoms with Crippen LogP contribution in [0.25, 0.3) is 0 Å². The van der Waals surface area contributed by atoms with Crippen molar-refractivity contribution in [3.8, 4) is 0 Å². The van der Waals surface area contributed by atoms with Crippen LogP contribution in [0, 0.1) is 0 Å². The minimum atomic E-state index is 0.0635. The molecular weight excluding hydrogens is 268 g/mol. The molecule has 0 radical (unpaired) electrons. The van der Waals surface area contributed by atoms with Gasteiger partial charge in [0, 0.05) is 29.9 Å². The zero-order valence-electron chi connectivity index (χ0n) is 11.2. The van der Waals surface area contributed by atoms with Crippen molar-refractivity contribution < 1.29 is 4.79 Å². The molecule has 1 heterocycles. The van der Waals surface area contributed by atoms with Crippen molar-refractivity contribution in [3.05, 3.63) is 21.3 Å². The van der Waals surface area contributed by atoms with Gasteiger partial charge in [-0.15, -0.1) is 11.3 Å². The first-order valence-electron chi connectivity index (χ1n) is 6.13. The van der Waals surface area contributed by atoms with Gasteiger partial charge in [-0.2, -0.15) is 0 Å². The maximum Gasteiger partial charge on any atom is 0.221 e. The van der Waals surface area contributed by atoms with Gasteiger partial charge in [0.25, 0.3) is 0 Å². The normalized spacial score (nSPS) is 11.6. The van der Waals surface area contributed by atoms with E-state index < -0.39 is 0 Å². The van der Waals surface area contributed by atoms with Crippen molar-refractivity contribution >= 4 is 28.8 Å². The third-order valence-electron chi connectivity index (χ3n) is 2.33. The maximum absolute atomic E-state index is 11.6. The second kappa shape index (κ2) is 7.12. The first kappa shape index (κ1) is 15.5. The Morgan fingerprint density at radius 1 is 1.33 bits per heavy atom. The molecule has 1 aromatic heterocycles. The van der Waals surface area contributed by atoms with Crippen LogP contribution in [-0.4, -0.2) is 24.5 Å². The van der Waals surface area contributed by atoms with Gasteiger partial charge in [0.2, 0.25) is 5.91 Å². The Hall–Kier alpha value is -0.580. The van der Waals surface area contributed by atoms with Gasteiger partial charge in [0.1, 0.15) is 0 Å². The summed E-state index contributed by atoms with van der Waals surface area (Å²) in [6.45, 7) is 7.65. The third kappa shape index (κ3) is 6.99. The summed E-state index contributed by atoms with van der Waals surface area (Å²) in [5.74, 6) is 0.0920. The molecule has 0 aliphatic carbocycles. The van der Waals surface area contributed by atoms with Crippen molar-refractivity contribution in [1.82, 2.24) is 10.6 Å². The standard InChI is InChI=1S/C13H21ClN2OS/c1-13(2,3)16-9-7-12(17)15-8-6-10-4-5-11(14)18-10/h4-5,16H,6-9H2,1-3H3,(H,15,17). The van der Waals surface area contributed by atoms with Crippen LogP contribution < -0.4 is 10.6 Å². The molecule has 0 aliphatic heterocycles. The van der Waals surface area contributed by atoms with Crippen LogP contribution in [0.4, 0.5) is 0 Å². The lowest BCUT2D eigenvalue weighted by Crippen LogP contribution is -2.38. The average molecular weight is 289 g/mol. The zero-order chi connectivity index (χ0) is 13.6. The molecule has 0 saturated heterocycles. The number of amides is 1. The second-order valence-corrected chi connectivity index (χ2v) is 7.03. The smallest absolute Gasteiger partial charge is 0.221 e. The van der Waals surface area contributed by atoms with Gasteiger partial charge >= 0.3 is 0 Å². The van der Waals surface area contributed by atoms with E-state index in [1.807, 2.05) is 12.1 Å². The van der Waals surface area contributed by atoms with Crippen molar-refractivity contribution in [2.24, 2.45) is 0 Å². The topological polar surface area (TPSA) is 41.1 Å². The fraction of sp³-hybridized carbons (Fsp3) is 0.615. The fourth-order valence-electron chi connectivity index (χ4n) is 1.45. The van der Waals surface area contributed by atoms with Crippen LogP contribution in [0.5, 0.6) is 0 Å². The minimum Gasteiger partial charge on any atom is -0.356 e. The number of rotatable bonds is 6. The van der Waals surface area contributed by atoms with E-state index in [0.29, 0.717) is 19.5 Å². The zero-order valence-corrected chi connectivity index (χ0v) is 12.8. The molecule has 5 heteroatoms. The molecule has 1 amide bonds. The van der Waals surface area contributed by atoms with E-state index in [1.54, 1.807) is 11.3 Å². The Kier molecular flexibility index (Phi) is 6.12. The second-order valence-electron chi connectivity index (χ2n) is 5.23. The third-order valence-corrected chi connectivity index (χ3v) is 3.62. The highest BCUT2D eigenvalue weighted by Crippen LogP contribution is 2.21. The van der Waals surface area contributed by atoms with E-state index >= 15 is 0 Å². The lowest BCUT2D eigenvalue weighted by Gasteiger charge is -2.20. The van der Waals surface area contributed by atoms with E-state index in [0.717, 1.165) is 10.8 Å². The number of carbonyl (C=O) groups is 1. The number of halogens is 1. The van der Waals surface area contributed by atoms with Gasteiger partial charge in [-0.05, 0) is 39.3 Å². The fourth-order valence-corrected chi connectivity index (χ4v) is 2.54. The Balaban J connectivity index is 2.10. The molecule has 0 unspecified atom stereocenters. The number of hydrogen-bond donors (Lipinski definition) is 2. The van der Waals surface area contributed by atoms with Crippen molar-refractivity contribution in [2.45, 2.75) is 39.2 Å². The molecule has 102 valence electrons. The summed E-state index contributed by atoms with van der Waals surface area (Å²) < 4.78 is 0.797. The van der Waals surface area contributed by atoms with E-state index in [9.17, 15) is 4.79 Å². The summed E-state index contributed by atoms with van der Waals surface area (Å²) in [5, 5.41) is 6.20. The summed E-state index contributed by atoms with van der Waals surface area (Å²) in [4.78, 5) is 12.8. The van der Waals surface area contributed by atoms with Crippen LogP contribution in [0.15, 0.2) is 12.1 Å². The van der Waals surface area contributed by atoms with Gasteiger partial charge in [-0.1, -0.05) is 11.6 Å². The first-order chi connectivity index (χ1) is 8.37. The molecular formula is C13H21ClN2OS.